The standard InChI is InChI=1S/C18H24N2O3/c1-10(2)22-18(21)23-17-13(5)20-12(4)16(19)15(17)14-8-6-7-11(3)9-14/h6-10,15,20H,19H2,1-5H3. The van der Waals surface area contributed by atoms with E-state index in [0.717, 1.165) is 22.5 Å². The van der Waals surface area contributed by atoms with Gasteiger partial charge in [-0.3, -0.25) is 0 Å². The van der Waals surface area contributed by atoms with Crippen LogP contribution in [0, 0.1) is 6.92 Å². The number of allylic oxidation sites excluding steroid dienone is 2. The van der Waals surface area contributed by atoms with E-state index in [1.165, 1.54) is 0 Å². The van der Waals surface area contributed by atoms with Crippen molar-refractivity contribution in [2.75, 3.05) is 0 Å². The van der Waals surface area contributed by atoms with E-state index in [4.69, 9.17) is 15.2 Å². The Morgan fingerprint density at radius 1 is 1.22 bits per heavy atom. The molecule has 5 heteroatoms. The lowest BCUT2D eigenvalue weighted by Crippen LogP contribution is -2.30. The third kappa shape index (κ3) is 3.86. The normalized spacial score (nSPS) is 18.1. The Kier molecular flexibility index (Phi) is 4.98. The molecular formula is C18H24N2O3. The fraction of sp³-hybridized carbons (Fsp3) is 0.389. The van der Waals surface area contributed by atoms with Crippen LogP contribution in [-0.4, -0.2) is 12.3 Å². The van der Waals surface area contributed by atoms with Gasteiger partial charge in [0.25, 0.3) is 0 Å². The molecule has 1 aromatic rings. The minimum Gasteiger partial charge on any atom is -0.431 e. The molecule has 1 heterocycles. The molecule has 0 fully saturated rings. The van der Waals surface area contributed by atoms with Crippen LogP contribution in [0.2, 0.25) is 0 Å². The number of ether oxygens (including phenoxy) is 2. The number of carbonyl (C=O) groups excluding carboxylic acids is 1. The van der Waals surface area contributed by atoms with Gasteiger partial charge in [-0.15, -0.1) is 0 Å². The van der Waals surface area contributed by atoms with Gasteiger partial charge in [0.1, 0.15) is 5.76 Å². The van der Waals surface area contributed by atoms with E-state index in [2.05, 4.69) is 5.32 Å². The monoisotopic (exact) mass is 316 g/mol. The highest BCUT2D eigenvalue weighted by atomic mass is 16.7. The van der Waals surface area contributed by atoms with Gasteiger partial charge in [-0.25, -0.2) is 4.79 Å². The first kappa shape index (κ1) is 16.9. The summed E-state index contributed by atoms with van der Waals surface area (Å²) in [7, 11) is 0. The number of hydrogen-bond acceptors (Lipinski definition) is 5. The maximum Gasteiger partial charge on any atom is 0.513 e. The van der Waals surface area contributed by atoms with Crippen LogP contribution in [0.3, 0.4) is 0 Å². The smallest absolute Gasteiger partial charge is 0.431 e. The number of dihydropyridines is 1. The van der Waals surface area contributed by atoms with E-state index in [0.29, 0.717) is 11.5 Å². The summed E-state index contributed by atoms with van der Waals surface area (Å²) in [6.45, 7) is 9.33. The Labute approximate surface area is 137 Å². The molecule has 1 aliphatic rings. The molecule has 1 aliphatic heterocycles. The number of benzene rings is 1. The van der Waals surface area contributed by atoms with Gasteiger partial charge in [0.2, 0.25) is 0 Å². The van der Waals surface area contributed by atoms with Crippen molar-refractivity contribution in [3.8, 4) is 0 Å². The van der Waals surface area contributed by atoms with Crippen LogP contribution >= 0.6 is 0 Å². The number of hydrogen-bond donors (Lipinski definition) is 2. The van der Waals surface area contributed by atoms with Gasteiger partial charge in [0.05, 0.1) is 17.7 Å². The van der Waals surface area contributed by atoms with Gasteiger partial charge >= 0.3 is 6.16 Å². The minimum atomic E-state index is -0.721. The third-order valence-electron chi connectivity index (χ3n) is 3.65. The zero-order chi connectivity index (χ0) is 17.1. The number of aryl methyl sites for hydroxylation is 1. The van der Waals surface area contributed by atoms with Gasteiger partial charge in [-0.1, -0.05) is 29.8 Å². The number of nitrogens with one attached hydrogen (secondary N) is 1. The van der Waals surface area contributed by atoms with Crippen molar-refractivity contribution in [2.24, 2.45) is 5.73 Å². The molecule has 124 valence electrons. The zero-order valence-corrected chi connectivity index (χ0v) is 14.3. The van der Waals surface area contributed by atoms with Gasteiger partial charge in [-0.2, -0.15) is 0 Å². The van der Waals surface area contributed by atoms with E-state index in [9.17, 15) is 4.79 Å². The van der Waals surface area contributed by atoms with E-state index in [1.807, 2.05) is 45.0 Å². The Balaban J connectivity index is 2.40. The molecule has 0 saturated heterocycles. The molecule has 0 aromatic heterocycles. The molecule has 0 bridgehead atoms. The van der Waals surface area contributed by atoms with Crippen molar-refractivity contribution in [3.63, 3.8) is 0 Å². The molecule has 5 nitrogen and oxygen atoms in total. The Morgan fingerprint density at radius 3 is 2.52 bits per heavy atom. The van der Waals surface area contributed by atoms with Gasteiger partial charge in [0.15, 0.2) is 0 Å². The Morgan fingerprint density at radius 2 is 1.91 bits per heavy atom. The molecule has 0 radical (unpaired) electrons. The lowest BCUT2D eigenvalue weighted by molar-refractivity contribution is 0.0498. The molecule has 0 amide bonds. The molecule has 1 aromatic carbocycles. The highest BCUT2D eigenvalue weighted by Crippen LogP contribution is 2.36. The van der Waals surface area contributed by atoms with Gasteiger partial charge in [-0.05, 0) is 40.2 Å². The van der Waals surface area contributed by atoms with Crippen LogP contribution in [0.5, 0.6) is 0 Å². The first-order valence-corrected chi connectivity index (χ1v) is 7.68. The Bertz CT molecular complexity index is 675. The highest BCUT2D eigenvalue weighted by Gasteiger charge is 2.31. The van der Waals surface area contributed by atoms with Crippen molar-refractivity contribution in [3.05, 3.63) is 58.2 Å². The van der Waals surface area contributed by atoms with Crippen LogP contribution in [-0.2, 0) is 9.47 Å². The second-order valence-corrected chi connectivity index (χ2v) is 6.06. The summed E-state index contributed by atoms with van der Waals surface area (Å²) in [5.41, 5.74) is 10.6. The summed E-state index contributed by atoms with van der Waals surface area (Å²) in [5, 5.41) is 3.15. The third-order valence-corrected chi connectivity index (χ3v) is 3.65. The highest BCUT2D eigenvalue weighted by molar-refractivity contribution is 5.63. The van der Waals surface area contributed by atoms with Crippen LogP contribution in [0.25, 0.3) is 0 Å². The summed E-state index contributed by atoms with van der Waals surface area (Å²) in [4.78, 5) is 11.9. The van der Waals surface area contributed by atoms with Crippen molar-refractivity contribution >= 4 is 6.16 Å². The first-order chi connectivity index (χ1) is 10.8. The fourth-order valence-electron chi connectivity index (χ4n) is 2.61. The van der Waals surface area contributed by atoms with Crippen molar-refractivity contribution in [1.29, 1.82) is 0 Å². The van der Waals surface area contributed by atoms with Crippen LogP contribution in [0.4, 0.5) is 4.79 Å². The predicted molar refractivity (Wildman–Crippen MR) is 89.3 cm³/mol. The van der Waals surface area contributed by atoms with Gasteiger partial charge < -0.3 is 20.5 Å². The second kappa shape index (κ2) is 6.77. The molecule has 1 unspecified atom stereocenters. The fourth-order valence-corrected chi connectivity index (χ4v) is 2.61. The van der Waals surface area contributed by atoms with E-state index >= 15 is 0 Å². The van der Waals surface area contributed by atoms with Crippen LogP contribution < -0.4 is 11.1 Å². The number of rotatable bonds is 3. The summed E-state index contributed by atoms with van der Waals surface area (Å²) in [5.74, 6) is 0.167. The SMILES string of the molecule is CC1=C(N)C(c2cccc(C)c2)C(OC(=O)OC(C)C)=C(C)N1. The molecule has 0 saturated carbocycles. The topological polar surface area (TPSA) is 73.6 Å². The van der Waals surface area contributed by atoms with E-state index in [-0.39, 0.29) is 12.0 Å². The second-order valence-electron chi connectivity index (χ2n) is 6.06. The summed E-state index contributed by atoms with van der Waals surface area (Å²) in [6, 6.07) is 8.00. The molecule has 0 aliphatic carbocycles. The van der Waals surface area contributed by atoms with Crippen molar-refractivity contribution in [1.82, 2.24) is 5.32 Å². The Hall–Kier alpha value is -2.43. The molecule has 3 N–H and O–H groups in total. The molecule has 0 spiro atoms. The number of nitrogens with two attached hydrogens (primary N) is 1. The average molecular weight is 316 g/mol. The quantitative estimate of drug-likeness (QED) is 0.832. The average Bonchev–Trinajstić information content (AvgIpc) is 2.44. The van der Waals surface area contributed by atoms with Crippen molar-refractivity contribution < 1.29 is 14.3 Å². The molecule has 1 atom stereocenters. The lowest BCUT2D eigenvalue weighted by atomic mass is 9.89. The zero-order valence-electron chi connectivity index (χ0n) is 14.3. The summed E-state index contributed by atoms with van der Waals surface area (Å²) in [6.07, 6.45) is -0.965. The van der Waals surface area contributed by atoms with Gasteiger partial charge in [0, 0.05) is 11.4 Å². The molecular weight excluding hydrogens is 292 g/mol. The maximum atomic E-state index is 11.9. The molecule has 23 heavy (non-hydrogen) atoms. The lowest BCUT2D eigenvalue weighted by Gasteiger charge is -2.29. The predicted octanol–water partition coefficient (Wildman–Crippen LogP) is 3.67. The maximum absolute atomic E-state index is 11.9. The number of carbonyl (C=O) groups is 1. The van der Waals surface area contributed by atoms with Crippen LogP contribution in [0.15, 0.2) is 47.1 Å². The van der Waals surface area contributed by atoms with E-state index in [1.54, 1.807) is 13.8 Å². The molecule has 2 rings (SSSR count). The summed E-state index contributed by atoms with van der Waals surface area (Å²) >= 11 is 0. The minimum absolute atomic E-state index is 0.244. The largest absolute Gasteiger partial charge is 0.513 e. The van der Waals surface area contributed by atoms with Crippen LogP contribution in [0.1, 0.15) is 44.7 Å². The van der Waals surface area contributed by atoms with Crippen molar-refractivity contribution in [2.45, 2.75) is 46.6 Å². The van der Waals surface area contributed by atoms with E-state index < -0.39 is 6.16 Å². The first-order valence-electron chi connectivity index (χ1n) is 7.68. The summed E-state index contributed by atoms with van der Waals surface area (Å²) < 4.78 is 10.6.